The van der Waals surface area contributed by atoms with Crippen molar-refractivity contribution >= 4 is 5.91 Å². The van der Waals surface area contributed by atoms with E-state index in [-0.39, 0.29) is 19.1 Å². The van der Waals surface area contributed by atoms with Gasteiger partial charge in [0.05, 0.1) is 13.2 Å². The highest BCUT2D eigenvalue weighted by atomic mass is 16.5. The summed E-state index contributed by atoms with van der Waals surface area (Å²) in [5.41, 5.74) is 2.51. The zero-order valence-electron chi connectivity index (χ0n) is 11.3. The fourth-order valence-corrected chi connectivity index (χ4v) is 1.70. The van der Waals surface area contributed by atoms with E-state index in [2.05, 4.69) is 5.43 Å². The number of nitrogen functional groups attached to an aromatic ring is 1. The van der Waals surface area contributed by atoms with E-state index < -0.39 is 0 Å². The maximum absolute atomic E-state index is 11.2. The lowest BCUT2D eigenvalue weighted by atomic mass is 10.2. The molecule has 112 valence electrons. The quantitative estimate of drug-likeness (QED) is 0.262. The smallest absolute Gasteiger partial charge is 0.265 e. The lowest BCUT2D eigenvalue weighted by molar-refractivity contribution is 0.0953. The Labute approximate surface area is 117 Å². The van der Waals surface area contributed by atoms with Crippen LogP contribution in [0.5, 0.6) is 5.75 Å². The van der Waals surface area contributed by atoms with Gasteiger partial charge in [-0.3, -0.25) is 15.1 Å². The van der Waals surface area contributed by atoms with E-state index in [1.165, 1.54) is 0 Å². The first-order valence-electron chi connectivity index (χ1n) is 6.39. The molecule has 0 unspecified atom stereocenters. The molecular weight excluding hydrogens is 262 g/mol. The molecule has 0 radical (unpaired) electrons. The summed E-state index contributed by atoms with van der Waals surface area (Å²) in [6.07, 6.45) is 0. The van der Waals surface area contributed by atoms with E-state index in [1.54, 1.807) is 24.3 Å². The Morgan fingerprint density at radius 1 is 1.15 bits per heavy atom. The van der Waals surface area contributed by atoms with Crippen molar-refractivity contribution in [1.82, 2.24) is 10.3 Å². The van der Waals surface area contributed by atoms with Crippen LogP contribution < -0.4 is 16.0 Å². The highest BCUT2D eigenvalue weighted by molar-refractivity contribution is 5.93. The normalized spacial score (nSPS) is 10.6. The summed E-state index contributed by atoms with van der Waals surface area (Å²) >= 11 is 0. The van der Waals surface area contributed by atoms with Crippen molar-refractivity contribution in [3.63, 3.8) is 0 Å². The second-order valence-corrected chi connectivity index (χ2v) is 4.14. The Hall–Kier alpha value is -1.67. The van der Waals surface area contributed by atoms with Crippen LogP contribution in [-0.4, -0.2) is 60.5 Å². The molecule has 20 heavy (non-hydrogen) atoms. The number of hydrazine groups is 1. The molecule has 1 aromatic rings. The summed E-state index contributed by atoms with van der Waals surface area (Å²) in [7, 11) is 0. The molecule has 0 bridgehead atoms. The largest absolute Gasteiger partial charge is 0.492 e. The highest BCUT2D eigenvalue weighted by Crippen LogP contribution is 2.12. The first kappa shape index (κ1) is 16.4. The number of aliphatic hydroxyl groups is 2. The fraction of sp³-hybridized carbons (Fsp3) is 0.462. The van der Waals surface area contributed by atoms with Crippen LogP contribution in [0.3, 0.4) is 0 Å². The van der Waals surface area contributed by atoms with Crippen LogP contribution in [0, 0.1) is 0 Å². The first-order valence-corrected chi connectivity index (χ1v) is 6.39. The molecule has 1 amide bonds. The zero-order valence-corrected chi connectivity index (χ0v) is 11.3. The molecule has 0 saturated heterocycles. The number of carbonyl (C=O) groups excluding carboxylic acids is 1. The van der Waals surface area contributed by atoms with Crippen LogP contribution in [0.1, 0.15) is 10.4 Å². The molecule has 7 heteroatoms. The van der Waals surface area contributed by atoms with Crippen molar-refractivity contribution in [2.24, 2.45) is 5.84 Å². The van der Waals surface area contributed by atoms with Crippen LogP contribution >= 0.6 is 0 Å². The average molecular weight is 283 g/mol. The van der Waals surface area contributed by atoms with E-state index in [0.717, 1.165) is 0 Å². The number of benzene rings is 1. The Balaban J connectivity index is 2.39. The van der Waals surface area contributed by atoms with E-state index in [0.29, 0.717) is 37.6 Å². The lowest BCUT2D eigenvalue weighted by Gasteiger charge is -2.20. The number of nitrogens with two attached hydrogens (primary N) is 1. The summed E-state index contributed by atoms with van der Waals surface area (Å²) in [4.78, 5) is 13.1. The first-order chi connectivity index (χ1) is 9.71. The minimum absolute atomic E-state index is 0.0445. The Kier molecular flexibility index (Phi) is 7.59. The SMILES string of the molecule is NNC(=O)c1ccc(OCCN(CCO)CCO)cc1. The second kappa shape index (κ2) is 9.27. The van der Waals surface area contributed by atoms with Crippen LogP contribution in [0.25, 0.3) is 0 Å². The summed E-state index contributed by atoms with van der Waals surface area (Å²) < 4.78 is 5.53. The van der Waals surface area contributed by atoms with Crippen LogP contribution in [0.2, 0.25) is 0 Å². The molecule has 0 aliphatic carbocycles. The van der Waals surface area contributed by atoms with Gasteiger partial charge in [0.2, 0.25) is 0 Å². The van der Waals surface area contributed by atoms with E-state index in [9.17, 15) is 4.79 Å². The molecule has 0 aliphatic heterocycles. The van der Waals surface area contributed by atoms with Gasteiger partial charge in [0.25, 0.3) is 5.91 Å². The number of ether oxygens (including phenoxy) is 1. The van der Waals surface area contributed by atoms with Crippen molar-refractivity contribution in [3.05, 3.63) is 29.8 Å². The van der Waals surface area contributed by atoms with Crippen LogP contribution in [0.4, 0.5) is 0 Å². The number of carbonyl (C=O) groups is 1. The van der Waals surface area contributed by atoms with Gasteiger partial charge in [-0.1, -0.05) is 0 Å². The van der Waals surface area contributed by atoms with Gasteiger partial charge in [-0.15, -0.1) is 0 Å². The second-order valence-electron chi connectivity index (χ2n) is 4.14. The molecule has 1 rings (SSSR count). The highest BCUT2D eigenvalue weighted by Gasteiger charge is 2.05. The summed E-state index contributed by atoms with van der Waals surface area (Å²) in [5, 5.41) is 17.7. The molecule has 0 fully saturated rings. The molecule has 0 aliphatic rings. The fourth-order valence-electron chi connectivity index (χ4n) is 1.70. The maximum Gasteiger partial charge on any atom is 0.265 e. The van der Waals surface area contributed by atoms with Gasteiger partial charge in [-0.25, -0.2) is 5.84 Å². The van der Waals surface area contributed by atoms with Crippen LogP contribution in [0.15, 0.2) is 24.3 Å². The van der Waals surface area contributed by atoms with Crippen molar-refractivity contribution in [1.29, 1.82) is 0 Å². The van der Waals surface area contributed by atoms with Gasteiger partial charge in [-0.2, -0.15) is 0 Å². The lowest BCUT2D eigenvalue weighted by Crippen LogP contribution is -2.33. The third kappa shape index (κ3) is 5.54. The molecule has 5 N–H and O–H groups in total. The number of hydrogen-bond donors (Lipinski definition) is 4. The average Bonchev–Trinajstić information content (AvgIpc) is 2.47. The zero-order chi connectivity index (χ0) is 14.8. The van der Waals surface area contributed by atoms with Gasteiger partial charge in [-0.05, 0) is 24.3 Å². The van der Waals surface area contributed by atoms with Crippen molar-refractivity contribution in [2.45, 2.75) is 0 Å². The predicted molar refractivity (Wildman–Crippen MR) is 74.2 cm³/mol. The van der Waals surface area contributed by atoms with E-state index in [4.69, 9.17) is 20.8 Å². The van der Waals surface area contributed by atoms with Gasteiger partial charge in [0, 0.05) is 25.2 Å². The molecule has 0 atom stereocenters. The van der Waals surface area contributed by atoms with Crippen molar-refractivity contribution in [2.75, 3.05) is 39.5 Å². The predicted octanol–water partition coefficient (Wildman–Crippen LogP) is -1.04. The van der Waals surface area contributed by atoms with E-state index in [1.807, 2.05) is 4.90 Å². The van der Waals surface area contributed by atoms with Gasteiger partial charge in [0.15, 0.2) is 0 Å². The van der Waals surface area contributed by atoms with Crippen molar-refractivity contribution in [3.8, 4) is 5.75 Å². The Morgan fingerprint density at radius 3 is 2.25 bits per heavy atom. The molecule has 7 nitrogen and oxygen atoms in total. The van der Waals surface area contributed by atoms with E-state index >= 15 is 0 Å². The number of amides is 1. The number of nitrogens with one attached hydrogen (secondary N) is 1. The Morgan fingerprint density at radius 2 is 1.75 bits per heavy atom. The monoisotopic (exact) mass is 283 g/mol. The van der Waals surface area contributed by atoms with Gasteiger partial charge >= 0.3 is 0 Å². The molecule has 0 aromatic heterocycles. The minimum atomic E-state index is -0.353. The topological polar surface area (TPSA) is 108 Å². The van der Waals surface area contributed by atoms with Crippen molar-refractivity contribution < 1.29 is 19.7 Å². The number of hydrogen-bond acceptors (Lipinski definition) is 6. The number of nitrogens with zero attached hydrogens (tertiary/aromatic N) is 1. The summed E-state index contributed by atoms with van der Waals surface area (Å²) in [6.45, 7) is 2.12. The Bertz CT molecular complexity index is 391. The van der Waals surface area contributed by atoms with Gasteiger partial charge < -0.3 is 14.9 Å². The number of aliphatic hydroxyl groups excluding tert-OH is 2. The summed E-state index contributed by atoms with van der Waals surface area (Å²) in [5.74, 6) is 5.33. The van der Waals surface area contributed by atoms with Crippen LogP contribution in [-0.2, 0) is 0 Å². The minimum Gasteiger partial charge on any atom is -0.492 e. The number of rotatable bonds is 9. The molecule has 1 aromatic carbocycles. The van der Waals surface area contributed by atoms with Gasteiger partial charge in [0.1, 0.15) is 12.4 Å². The molecule has 0 spiro atoms. The molecular formula is C13H21N3O4. The summed E-state index contributed by atoms with van der Waals surface area (Å²) in [6, 6.07) is 6.62. The third-order valence-electron chi connectivity index (χ3n) is 2.76. The maximum atomic E-state index is 11.2. The molecule has 0 saturated carbocycles. The standard InChI is InChI=1S/C13H21N3O4/c14-15-13(19)11-1-3-12(4-2-11)20-10-7-16(5-8-17)6-9-18/h1-4,17-18H,5-10,14H2,(H,15,19). The third-order valence-corrected chi connectivity index (χ3v) is 2.76. The molecule has 0 heterocycles.